The second-order valence-corrected chi connectivity index (χ2v) is 4.08. The van der Waals surface area contributed by atoms with Crippen LogP contribution in [0, 0.1) is 0 Å². The van der Waals surface area contributed by atoms with Crippen molar-refractivity contribution < 1.29 is 4.74 Å². The van der Waals surface area contributed by atoms with Gasteiger partial charge in [0.2, 0.25) is 0 Å². The molecule has 0 saturated carbocycles. The molecule has 3 heteroatoms. The van der Waals surface area contributed by atoms with Crippen molar-refractivity contribution in [3.63, 3.8) is 0 Å². The number of fused-ring (bicyclic) bond motifs is 1. The number of halogens is 1. The van der Waals surface area contributed by atoms with E-state index in [4.69, 9.17) is 4.74 Å². The lowest BCUT2D eigenvalue weighted by atomic mass is 10.0. The minimum Gasteiger partial charge on any atom is -0.493 e. The van der Waals surface area contributed by atoms with Crippen molar-refractivity contribution in [1.29, 1.82) is 0 Å². The molecule has 0 bridgehead atoms. The van der Waals surface area contributed by atoms with Crippen molar-refractivity contribution in [3.8, 4) is 5.75 Å². The maximum absolute atomic E-state index is 5.55. The molecule has 70 valence electrons. The summed E-state index contributed by atoms with van der Waals surface area (Å²) in [5.41, 5.74) is 1.25. The van der Waals surface area contributed by atoms with Gasteiger partial charge in [-0.3, -0.25) is 0 Å². The van der Waals surface area contributed by atoms with Gasteiger partial charge in [-0.15, -0.1) is 0 Å². The van der Waals surface area contributed by atoms with Crippen molar-refractivity contribution in [1.82, 2.24) is 5.32 Å². The van der Waals surface area contributed by atoms with E-state index in [1.807, 2.05) is 19.2 Å². The average Bonchev–Trinajstić information content (AvgIpc) is 2.17. The maximum atomic E-state index is 5.55. The minimum atomic E-state index is 0.432. The molecule has 1 aromatic rings. The van der Waals surface area contributed by atoms with E-state index in [2.05, 4.69) is 27.3 Å². The van der Waals surface area contributed by atoms with Gasteiger partial charge in [-0.1, -0.05) is 15.9 Å². The predicted molar refractivity (Wildman–Crippen MR) is 56.1 cm³/mol. The SMILES string of the molecule is CN[C@H]1CCOc2ccc(Br)cc21. The van der Waals surface area contributed by atoms with E-state index < -0.39 is 0 Å². The first kappa shape index (κ1) is 9.03. The molecule has 2 nitrogen and oxygen atoms in total. The molecule has 0 aliphatic carbocycles. The Balaban J connectivity index is 2.41. The van der Waals surface area contributed by atoms with Crippen molar-refractivity contribution in [3.05, 3.63) is 28.2 Å². The fraction of sp³-hybridized carbons (Fsp3) is 0.400. The number of nitrogens with one attached hydrogen (secondary N) is 1. The van der Waals surface area contributed by atoms with Crippen LogP contribution in [0.2, 0.25) is 0 Å². The van der Waals surface area contributed by atoms with Crippen LogP contribution < -0.4 is 10.1 Å². The van der Waals surface area contributed by atoms with Crippen LogP contribution in [0.15, 0.2) is 22.7 Å². The number of rotatable bonds is 1. The quantitative estimate of drug-likeness (QED) is 0.816. The van der Waals surface area contributed by atoms with Gasteiger partial charge in [-0.2, -0.15) is 0 Å². The molecule has 1 heterocycles. The molecule has 1 N–H and O–H groups in total. The maximum Gasteiger partial charge on any atom is 0.124 e. The molecule has 1 aromatic carbocycles. The van der Waals surface area contributed by atoms with Gasteiger partial charge in [0.05, 0.1) is 6.61 Å². The Morgan fingerprint density at radius 3 is 3.15 bits per heavy atom. The minimum absolute atomic E-state index is 0.432. The summed E-state index contributed by atoms with van der Waals surface area (Å²) in [5.74, 6) is 1.01. The predicted octanol–water partition coefficient (Wildman–Crippen LogP) is 2.49. The third-order valence-corrected chi connectivity index (χ3v) is 2.85. The van der Waals surface area contributed by atoms with Crippen LogP contribution >= 0.6 is 15.9 Å². The average molecular weight is 242 g/mol. The highest BCUT2D eigenvalue weighted by Gasteiger charge is 2.19. The summed E-state index contributed by atoms with van der Waals surface area (Å²) in [6.07, 6.45) is 1.04. The van der Waals surface area contributed by atoms with E-state index in [1.165, 1.54) is 5.56 Å². The standard InChI is InChI=1S/C10H12BrNO/c1-12-9-4-5-13-10-3-2-7(11)6-8(9)10/h2-3,6,9,12H,4-5H2,1H3/t9-/m0/s1. The van der Waals surface area contributed by atoms with Crippen molar-refractivity contribution >= 4 is 15.9 Å². The lowest BCUT2D eigenvalue weighted by Crippen LogP contribution is -2.23. The molecule has 0 spiro atoms. The Morgan fingerprint density at radius 2 is 2.38 bits per heavy atom. The molecular formula is C10H12BrNO. The molecular weight excluding hydrogens is 230 g/mol. The van der Waals surface area contributed by atoms with Crippen LogP contribution in [0.3, 0.4) is 0 Å². The Morgan fingerprint density at radius 1 is 1.54 bits per heavy atom. The highest BCUT2D eigenvalue weighted by molar-refractivity contribution is 9.10. The molecule has 13 heavy (non-hydrogen) atoms. The van der Waals surface area contributed by atoms with E-state index in [9.17, 15) is 0 Å². The second kappa shape index (κ2) is 3.68. The summed E-state index contributed by atoms with van der Waals surface area (Å²) in [6, 6.07) is 6.58. The van der Waals surface area contributed by atoms with E-state index in [1.54, 1.807) is 0 Å². The lowest BCUT2D eigenvalue weighted by Gasteiger charge is -2.25. The number of ether oxygens (including phenoxy) is 1. The molecule has 1 atom stereocenters. The molecule has 1 aliphatic heterocycles. The summed E-state index contributed by atoms with van der Waals surface area (Å²) in [4.78, 5) is 0. The van der Waals surface area contributed by atoms with Crippen LogP contribution in [0.5, 0.6) is 5.75 Å². The van der Waals surface area contributed by atoms with Crippen LogP contribution in [0.4, 0.5) is 0 Å². The molecule has 0 saturated heterocycles. The second-order valence-electron chi connectivity index (χ2n) is 3.16. The summed E-state index contributed by atoms with van der Waals surface area (Å²) in [7, 11) is 1.99. The van der Waals surface area contributed by atoms with Crippen LogP contribution in [0.25, 0.3) is 0 Å². The fourth-order valence-corrected chi connectivity index (χ4v) is 2.04. The molecule has 0 aromatic heterocycles. The molecule has 0 fully saturated rings. The molecule has 0 unspecified atom stereocenters. The van der Waals surface area contributed by atoms with Crippen LogP contribution in [-0.2, 0) is 0 Å². The Labute approximate surface area is 86.4 Å². The smallest absolute Gasteiger partial charge is 0.124 e. The largest absolute Gasteiger partial charge is 0.493 e. The molecule has 0 amide bonds. The van der Waals surface area contributed by atoms with Crippen molar-refractivity contribution in [2.75, 3.05) is 13.7 Å². The van der Waals surface area contributed by atoms with Crippen LogP contribution in [0.1, 0.15) is 18.0 Å². The number of benzene rings is 1. The summed E-state index contributed by atoms with van der Waals surface area (Å²) >= 11 is 3.46. The van der Waals surface area contributed by atoms with Crippen LogP contribution in [-0.4, -0.2) is 13.7 Å². The summed E-state index contributed by atoms with van der Waals surface area (Å²) < 4.78 is 6.66. The zero-order chi connectivity index (χ0) is 9.26. The highest BCUT2D eigenvalue weighted by Crippen LogP contribution is 2.33. The lowest BCUT2D eigenvalue weighted by molar-refractivity contribution is 0.257. The van der Waals surface area contributed by atoms with Crippen molar-refractivity contribution in [2.24, 2.45) is 0 Å². The first-order valence-electron chi connectivity index (χ1n) is 4.41. The van der Waals surface area contributed by atoms with Gasteiger partial charge in [-0.25, -0.2) is 0 Å². The zero-order valence-electron chi connectivity index (χ0n) is 7.51. The van der Waals surface area contributed by atoms with Gasteiger partial charge in [0.15, 0.2) is 0 Å². The van der Waals surface area contributed by atoms with Gasteiger partial charge < -0.3 is 10.1 Å². The van der Waals surface area contributed by atoms with Gasteiger partial charge >= 0.3 is 0 Å². The summed E-state index contributed by atoms with van der Waals surface area (Å²) in [6.45, 7) is 0.806. The third-order valence-electron chi connectivity index (χ3n) is 2.36. The Kier molecular flexibility index (Phi) is 2.56. The van der Waals surface area contributed by atoms with Gasteiger partial charge in [0.1, 0.15) is 5.75 Å². The highest BCUT2D eigenvalue weighted by atomic mass is 79.9. The van der Waals surface area contributed by atoms with Gasteiger partial charge in [0, 0.05) is 22.5 Å². The zero-order valence-corrected chi connectivity index (χ0v) is 9.10. The summed E-state index contributed by atoms with van der Waals surface area (Å²) in [5, 5.41) is 3.29. The molecule has 0 radical (unpaired) electrons. The third kappa shape index (κ3) is 1.71. The monoisotopic (exact) mass is 241 g/mol. The topological polar surface area (TPSA) is 21.3 Å². The fourth-order valence-electron chi connectivity index (χ4n) is 1.67. The normalized spacial score (nSPS) is 20.6. The first-order valence-corrected chi connectivity index (χ1v) is 5.20. The Bertz CT molecular complexity index is 314. The van der Waals surface area contributed by atoms with Gasteiger partial charge in [0.25, 0.3) is 0 Å². The van der Waals surface area contributed by atoms with E-state index in [0.29, 0.717) is 6.04 Å². The number of hydrogen-bond acceptors (Lipinski definition) is 2. The molecule has 1 aliphatic rings. The van der Waals surface area contributed by atoms with Crippen molar-refractivity contribution in [2.45, 2.75) is 12.5 Å². The van der Waals surface area contributed by atoms with E-state index >= 15 is 0 Å². The first-order chi connectivity index (χ1) is 6.31. The molecule has 2 rings (SSSR count). The van der Waals surface area contributed by atoms with E-state index in [-0.39, 0.29) is 0 Å². The Hall–Kier alpha value is -0.540. The van der Waals surface area contributed by atoms with E-state index in [0.717, 1.165) is 23.2 Å². The number of hydrogen-bond donors (Lipinski definition) is 1. The van der Waals surface area contributed by atoms with Gasteiger partial charge in [-0.05, 0) is 25.2 Å².